The Bertz CT molecular complexity index is 1090. The molecule has 174 valence electrons. The van der Waals surface area contributed by atoms with E-state index in [0.717, 1.165) is 0 Å². The summed E-state index contributed by atoms with van der Waals surface area (Å²) in [6.07, 6.45) is -8.54. The summed E-state index contributed by atoms with van der Waals surface area (Å²) in [5, 5.41) is 5.20. The normalized spacial score (nSPS) is 16.7. The number of benzodiazepines with no additional fused rings is 1. The Morgan fingerprint density at radius 3 is 2.48 bits per heavy atom. The predicted molar refractivity (Wildman–Crippen MR) is 117 cm³/mol. The summed E-state index contributed by atoms with van der Waals surface area (Å²) in [6.45, 7) is 0. The number of nitrogens with two attached hydrogens (primary N) is 1. The van der Waals surface area contributed by atoms with E-state index < -0.39 is 55.2 Å². The Labute approximate surface area is 192 Å². The Morgan fingerprint density at radius 1 is 1.15 bits per heavy atom. The summed E-state index contributed by atoms with van der Waals surface area (Å²) < 4.78 is 38.0. The molecule has 0 aliphatic carbocycles. The largest absolute Gasteiger partial charge is 0.389 e. The molecule has 11 heteroatoms. The molecule has 2 atom stereocenters. The Balaban J connectivity index is 1.95. The van der Waals surface area contributed by atoms with E-state index in [4.69, 9.17) is 17.3 Å². The molecule has 7 nitrogen and oxygen atoms in total. The van der Waals surface area contributed by atoms with Gasteiger partial charge >= 0.3 is 6.18 Å². The van der Waals surface area contributed by atoms with Crippen molar-refractivity contribution in [1.82, 2.24) is 5.32 Å². The lowest BCUT2D eigenvalue weighted by molar-refractivity contribution is -0.143. The van der Waals surface area contributed by atoms with Gasteiger partial charge in [-0.25, -0.2) is 4.99 Å². The number of amides is 3. The minimum Gasteiger partial charge on any atom is -0.370 e. The van der Waals surface area contributed by atoms with Crippen molar-refractivity contribution in [1.29, 1.82) is 0 Å². The predicted octanol–water partition coefficient (Wildman–Crippen LogP) is 3.41. The first-order valence-corrected chi connectivity index (χ1v) is 10.3. The molecule has 2 unspecified atom stereocenters. The molecule has 1 heterocycles. The molecule has 0 saturated heterocycles. The molecule has 0 spiro atoms. The van der Waals surface area contributed by atoms with Gasteiger partial charge in [-0.05, 0) is 12.5 Å². The van der Waals surface area contributed by atoms with Crippen LogP contribution in [0.25, 0.3) is 0 Å². The van der Waals surface area contributed by atoms with Crippen LogP contribution in [0.4, 0.5) is 18.9 Å². The van der Waals surface area contributed by atoms with E-state index in [1.807, 2.05) is 0 Å². The van der Waals surface area contributed by atoms with E-state index in [-0.39, 0.29) is 10.7 Å². The summed E-state index contributed by atoms with van der Waals surface area (Å²) >= 11 is 6.26. The van der Waals surface area contributed by atoms with Crippen molar-refractivity contribution in [2.75, 3.05) is 5.32 Å². The highest BCUT2D eigenvalue weighted by Crippen LogP contribution is 2.31. The van der Waals surface area contributed by atoms with E-state index >= 15 is 0 Å². The van der Waals surface area contributed by atoms with Crippen LogP contribution in [0.15, 0.2) is 53.5 Å². The molecule has 3 rings (SSSR count). The number of primary amides is 1. The molecule has 1 aliphatic heterocycles. The summed E-state index contributed by atoms with van der Waals surface area (Å²) in [4.78, 5) is 41.3. The van der Waals surface area contributed by atoms with E-state index in [0.29, 0.717) is 16.8 Å². The van der Waals surface area contributed by atoms with Crippen LogP contribution in [0.1, 0.15) is 30.4 Å². The molecule has 2 aromatic rings. The van der Waals surface area contributed by atoms with Crippen LogP contribution in [-0.4, -0.2) is 35.8 Å². The topological polar surface area (TPSA) is 114 Å². The molecule has 0 saturated carbocycles. The third-order valence-electron chi connectivity index (χ3n) is 4.94. The molecule has 0 aromatic heterocycles. The zero-order chi connectivity index (χ0) is 24.2. The number of carbonyl (C=O) groups excluding carboxylic acids is 3. The van der Waals surface area contributed by atoms with E-state index in [2.05, 4.69) is 15.6 Å². The maximum absolute atomic E-state index is 12.8. The van der Waals surface area contributed by atoms with Gasteiger partial charge in [-0.3, -0.25) is 14.4 Å². The van der Waals surface area contributed by atoms with Gasteiger partial charge in [-0.2, -0.15) is 13.2 Å². The Morgan fingerprint density at radius 2 is 1.85 bits per heavy atom. The number of aliphatic imine (C=N–C) groups is 1. The number of para-hydroxylation sites is 1. The lowest BCUT2D eigenvalue weighted by Gasteiger charge is -2.19. The van der Waals surface area contributed by atoms with Crippen LogP contribution in [0.2, 0.25) is 5.02 Å². The fraction of sp³-hybridized carbons (Fsp3) is 0.273. The van der Waals surface area contributed by atoms with E-state index in [1.165, 1.54) is 0 Å². The third-order valence-corrected chi connectivity index (χ3v) is 5.26. The first kappa shape index (κ1) is 24.2. The fourth-order valence-electron chi connectivity index (χ4n) is 3.38. The summed E-state index contributed by atoms with van der Waals surface area (Å²) in [6, 6.07) is 13.7. The highest BCUT2D eigenvalue weighted by molar-refractivity contribution is 6.36. The summed E-state index contributed by atoms with van der Waals surface area (Å²) in [7, 11) is 0. The number of hydrogen-bond acceptors (Lipinski definition) is 4. The second-order valence-corrected chi connectivity index (χ2v) is 7.83. The summed E-state index contributed by atoms with van der Waals surface area (Å²) in [5.41, 5.74) is 6.87. The molecule has 0 fully saturated rings. The van der Waals surface area contributed by atoms with Crippen molar-refractivity contribution in [2.24, 2.45) is 16.6 Å². The maximum Gasteiger partial charge on any atom is 0.389 e. The number of nitrogens with zero attached hydrogens (tertiary/aromatic N) is 1. The van der Waals surface area contributed by atoms with Crippen LogP contribution < -0.4 is 16.4 Å². The van der Waals surface area contributed by atoms with Gasteiger partial charge < -0.3 is 16.4 Å². The van der Waals surface area contributed by atoms with Gasteiger partial charge in [0, 0.05) is 29.9 Å². The molecule has 0 bridgehead atoms. The van der Waals surface area contributed by atoms with Gasteiger partial charge in [0.1, 0.15) is 0 Å². The molecular weight excluding hydrogens is 461 g/mol. The zero-order valence-electron chi connectivity index (χ0n) is 17.2. The van der Waals surface area contributed by atoms with Gasteiger partial charge in [0.15, 0.2) is 0 Å². The van der Waals surface area contributed by atoms with Crippen LogP contribution in [0.3, 0.4) is 0 Å². The van der Waals surface area contributed by atoms with Crippen molar-refractivity contribution < 1.29 is 27.6 Å². The van der Waals surface area contributed by atoms with Crippen molar-refractivity contribution in [3.05, 3.63) is 64.7 Å². The minimum atomic E-state index is -4.52. The smallest absolute Gasteiger partial charge is 0.370 e. The van der Waals surface area contributed by atoms with Crippen molar-refractivity contribution in [3.8, 4) is 0 Å². The van der Waals surface area contributed by atoms with Crippen LogP contribution in [-0.2, 0) is 14.4 Å². The number of halogens is 4. The summed E-state index contributed by atoms with van der Waals surface area (Å²) in [5.74, 6) is -3.99. The average Bonchev–Trinajstić information content (AvgIpc) is 2.88. The first-order valence-electron chi connectivity index (χ1n) is 9.93. The number of alkyl halides is 3. The zero-order valence-corrected chi connectivity index (χ0v) is 17.9. The molecule has 3 amide bonds. The molecular formula is C22H20ClF3N4O3. The molecule has 1 aliphatic rings. The van der Waals surface area contributed by atoms with Crippen molar-refractivity contribution in [3.63, 3.8) is 0 Å². The monoisotopic (exact) mass is 480 g/mol. The van der Waals surface area contributed by atoms with Gasteiger partial charge in [-0.15, -0.1) is 0 Å². The molecule has 4 N–H and O–H groups in total. The lowest BCUT2D eigenvalue weighted by atomic mass is 9.97. The van der Waals surface area contributed by atoms with E-state index in [9.17, 15) is 27.6 Å². The molecule has 33 heavy (non-hydrogen) atoms. The lowest BCUT2D eigenvalue weighted by Crippen LogP contribution is -2.45. The fourth-order valence-corrected chi connectivity index (χ4v) is 3.60. The minimum absolute atomic E-state index is 0.244. The first-order chi connectivity index (χ1) is 15.5. The van der Waals surface area contributed by atoms with Gasteiger partial charge in [-0.1, -0.05) is 54.1 Å². The standard InChI is InChI=1S/C22H20ClF3N4O3/c23-15-8-4-7-14-17(12-5-2-1-3-6-12)28-19(21(33)29-18(14)15)30-20(32)13(11-16(27)31)9-10-22(24,25)26/h1-8,13,19H,9-11H2,(H2,27,31)(H,29,33)(H,30,32). The van der Waals surface area contributed by atoms with E-state index in [1.54, 1.807) is 48.5 Å². The van der Waals surface area contributed by atoms with Gasteiger partial charge in [0.2, 0.25) is 18.0 Å². The number of nitrogens with one attached hydrogen (secondary N) is 2. The Kier molecular flexibility index (Phi) is 7.37. The maximum atomic E-state index is 12.8. The second-order valence-electron chi connectivity index (χ2n) is 7.43. The van der Waals surface area contributed by atoms with Crippen LogP contribution >= 0.6 is 11.6 Å². The number of hydrogen-bond donors (Lipinski definition) is 3. The second kappa shape index (κ2) is 10.0. The van der Waals surface area contributed by atoms with Gasteiger partial charge in [0.05, 0.1) is 16.4 Å². The highest BCUT2D eigenvalue weighted by Gasteiger charge is 2.34. The van der Waals surface area contributed by atoms with Gasteiger partial charge in [0.25, 0.3) is 5.91 Å². The van der Waals surface area contributed by atoms with Crippen molar-refractivity contribution >= 4 is 40.7 Å². The van der Waals surface area contributed by atoms with Crippen LogP contribution in [0, 0.1) is 5.92 Å². The number of anilines is 1. The Hall–Kier alpha value is -3.40. The SMILES string of the molecule is NC(=O)CC(CCC(F)(F)F)C(=O)NC1N=C(c2ccccc2)c2cccc(Cl)c2NC1=O. The van der Waals surface area contributed by atoms with Crippen LogP contribution in [0.5, 0.6) is 0 Å². The molecule has 0 radical (unpaired) electrons. The third kappa shape index (κ3) is 6.32. The molecule has 2 aromatic carbocycles. The number of benzene rings is 2. The number of fused-ring (bicyclic) bond motifs is 1. The number of carbonyl (C=O) groups is 3. The number of rotatable bonds is 7. The van der Waals surface area contributed by atoms with Crippen molar-refractivity contribution in [2.45, 2.75) is 31.6 Å². The average molecular weight is 481 g/mol. The quantitative estimate of drug-likeness (QED) is 0.564. The highest BCUT2D eigenvalue weighted by atomic mass is 35.5.